The monoisotopic (exact) mass is 540 g/mol. The first-order valence-electron chi connectivity index (χ1n) is 8.15. The lowest BCUT2D eigenvalue weighted by Crippen LogP contribution is -2.48. The third-order valence-corrected chi connectivity index (χ3v) is 7.67. The van der Waals surface area contributed by atoms with Crippen molar-refractivity contribution in [2.24, 2.45) is 5.11 Å². The highest BCUT2D eigenvalue weighted by molar-refractivity contribution is 7.66. The predicted octanol–water partition coefficient (Wildman–Crippen LogP) is -0.554. The van der Waals surface area contributed by atoms with Crippen LogP contribution >= 0.6 is 23.5 Å². The minimum Gasteiger partial charge on any atom is -0.387 e. The molecular weight excluding hydrogens is 524 g/mol. The summed E-state index contributed by atoms with van der Waals surface area (Å²) >= 11 is 0. The molecule has 1 fully saturated rings. The molecule has 1 aliphatic heterocycles. The van der Waals surface area contributed by atoms with Crippen molar-refractivity contribution in [3.8, 4) is 0 Å². The van der Waals surface area contributed by atoms with Crippen LogP contribution in [0.3, 0.4) is 0 Å². The fourth-order valence-corrected chi connectivity index (χ4v) is 5.67. The van der Waals surface area contributed by atoms with Gasteiger partial charge in [0.2, 0.25) is 0 Å². The molecule has 7 N–H and O–H groups in total. The standard InChI is InChI=1S/C10H16FN6O13P3/c11-6-7(18)10(3-14-16-13,28-8(6)17-2-1-5(12)15-9(17)19)4-27-32(23,24)30-33(25,26)29-31(20,21)22/h1-2,6-8,18H,3-4H2,(H,23,24)(H,25,26)(H2,12,15,19)(H2,20,21,22)/t6-,7+,8?,10-/m1/s1. The van der Waals surface area contributed by atoms with Gasteiger partial charge in [-0.15, -0.1) is 0 Å². The molecule has 0 aliphatic carbocycles. The molecule has 0 bridgehead atoms. The van der Waals surface area contributed by atoms with Crippen LogP contribution in [0.1, 0.15) is 6.23 Å². The van der Waals surface area contributed by atoms with E-state index in [-0.39, 0.29) is 5.82 Å². The van der Waals surface area contributed by atoms with Gasteiger partial charge in [-0.1, -0.05) is 5.11 Å². The first kappa shape index (κ1) is 27.5. The van der Waals surface area contributed by atoms with Crippen LogP contribution < -0.4 is 11.4 Å². The molecule has 19 nitrogen and oxygen atoms in total. The normalized spacial score (nSPS) is 29.1. The van der Waals surface area contributed by atoms with Crippen molar-refractivity contribution < 1.29 is 60.6 Å². The third-order valence-electron chi connectivity index (χ3n) is 3.88. The fraction of sp³-hybridized carbons (Fsp3) is 0.600. The fourth-order valence-electron chi connectivity index (χ4n) is 2.59. The number of anilines is 1. The topological polar surface area (TPSA) is 299 Å². The van der Waals surface area contributed by atoms with Gasteiger partial charge in [0.1, 0.15) is 17.5 Å². The highest BCUT2D eigenvalue weighted by Gasteiger charge is 2.57. The number of nitrogens with zero attached hydrogens (tertiary/aromatic N) is 5. The Morgan fingerprint density at radius 3 is 2.48 bits per heavy atom. The molecule has 0 amide bonds. The van der Waals surface area contributed by atoms with E-state index in [4.69, 9.17) is 30.7 Å². The van der Waals surface area contributed by atoms with Gasteiger partial charge in [0, 0.05) is 11.1 Å². The average molecular weight is 540 g/mol. The van der Waals surface area contributed by atoms with Crippen LogP contribution in [0, 0.1) is 0 Å². The zero-order chi connectivity index (χ0) is 25.2. The van der Waals surface area contributed by atoms with Crippen molar-refractivity contribution >= 4 is 29.3 Å². The van der Waals surface area contributed by atoms with Crippen LogP contribution in [-0.4, -0.2) is 65.3 Å². The number of alkyl halides is 1. The summed E-state index contributed by atoms with van der Waals surface area (Å²) in [5.74, 6) is -0.224. The molecule has 1 aliphatic rings. The molecule has 6 atom stereocenters. The van der Waals surface area contributed by atoms with Crippen molar-refractivity contribution in [1.29, 1.82) is 0 Å². The van der Waals surface area contributed by atoms with E-state index in [9.17, 15) is 32.9 Å². The summed E-state index contributed by atoms with van der Waals surface area (Å²) < 4.78 is 66.1. The van der Waals surface area contributed by atoms with E-state index in [1.165, 1.54) is 0 Å². The van der Waals surface area contributed by atoms with E-state index in [0.29, 0.717) is 4.57 Å². The Labute approximate surface area is 181 Å². The molecule has 1 aromatic heterocycles. The Hall–Kier alpha value is -1.75. The molecule has 1 aromatic rings. The van der Waals surface area contributed by atoms with Gasteiger partial charge in [0.15, 0.2) is 12.4 Å². The lowest BCUT2D eigenvalue weighted by atomic mass is 9.97. The van der Waals surface area contributed by atoms with Gasteiger partial charge in [-0.3, -0.25) is 9.09 Å². The maximum atomic E-state index is 14.8. The first-order valence-corrected chi connectivity index (χ1v) is 12.7. The number of ether oxygens (including phenoxy) is 1. The van der Waals surface area contributed by atoms with Crippen LogP contribution in [0.5, 0.6) is 0 Å². The van der Waals surface area contributed by atoms with Crippen molar-refractivity contribution in [2.45, 2.75) is 24.1 Å². The summed E-state index contributed by atoms with van der Waals surface area (Å²) in [5, 5.41) is 13.4. The number of phosphoric ester groups is 1. The van der Waals surface area contributed by atoms with Crippen LogP contribution in [0.4, 0.5) is 10.2 Å². The van der Waals surface area contributed by atoms with E-state index < -0.39 is 66.4 Å². The molecule has 0 aromatic carbocycles. The number of azide groups is 1. The van der Waals surface area contributed by atoms with Gasteiger partial charge >= 0.3 is 29.2 Å². The van der Waals surface area contributed by atoms with Gasteiger partial charge < -0.3 is 35.2 Å². The smallest absolute Gasteiger partial charge is 0.387 e. The Morgan fingerprint density at radius 2 is 1.94 bits per heavy atom. The van der Waals surface area contributed by atoms with Gasteiger partial charge in [-0.25, -0.2) is 22.9 Å². The van der Waals surface area contributed by atoms with Crippen LogP contribution in [0.15, 0.2) is 22.2 Å². The van der Waals surface area contributed by atoms with E-state index in [1.807, 2.05) is 0 Å². The zero-order valence-electron chi connectivity index (χ0n) is 15.8. The summed E-state index contributed by atoms with van der Waals surface area (Å²) in [7, 11) is -17.2. The lowest BCUT2D eigenvalue weighted by molar-refractivity contribution is -0.120. The van der Waals surface area contributed by atoms with E-state index >= 15 is 0 Å². The second-order valence-corrected chi connectivity index (χ2v) is 10.7. The largest absolute Gasteiger partial charge is 0.490 e. The van der Waals surface area contributed by atoms with Crippen molar-refractivity contribution in [2.75, 3.05) is 18.9 Å². The third kappa shape index (κ3) is 7.11. The summed E-state index contributed by atoms with van der Waals surface area (Å²) in [6.45, 7) is -2.31. The lowest BCUT2D eigenvalue weighted by Gasteiger charge is -2.30. The minimum atomic E-state index is -5.86. The maximum absolute atomic E-state index is 14.8. The second kappa shape index (κ2) is 9.85. The molecule has 23 heteroatoms. The number of phosphoric acid groups is 3. The Kier molecular flexibility index (Phi) is 8.21. The van der Waals surface area contributed by atoms with Gasteiger partial charge in [-0.05, 0) is 11.6 Å². The molecule has 0 spiro atoms. The molecule has 2 heterocycles. The van der Waals surface area contributed by atoms with E-state index in [1.54, 1.807) is 0 Å². The number of nitrogens with two attached hydrogens (primary N) is 1. The summed E-state index contributed by atoms with van der Waals surface area (Å²) in [6, 6.07) is 1.09. The second-order valence-electron chi connectivity index (χ2n) is 6.26. The van der Waals surface area contributed by atoms with E-state index in [2.05, 4.69) is 28.2 Å². The summed E-state index contributed by atoms with van der Waals surface area (Å²) in [5.41, 5.74) is 10.3. The quantitative estimate of drug-likeness (QED) is 0.0938. The molecule has 3 unspecified atom stereocenters. The number of rotatable bonds is 10. The molecular formula is C10H16FN6O13P3. The Bertz CT molecular complexity index is 1140. The Balaban J connectivity index is 2.30. The van der Waals surface area contributed by atoms with Gasteiger partial charge in [0.25, 0.3) is 0 Å². The molecule has 0 saturated carbocycles. The highest BCUT2D eigenvalue weighted by atomic mass is 31.3. The summed E-state index contributed by atoms with van der Waals surface area (Å²) in [6.07, 6.45) is -5.66. The average Bonchev–Trinajstić information content (AvgIpc) is 2.88. The number of hydrogen-bond acceptors (Lipinski definition) is 12. The van der Waals surface area contributed by atoms with Crippen LogP contribution in [0.25, 0.3) is 10.4 Å². The zero-order valence-corrected chi connectivity index (χ0v) is 18.5. The molecule has 2 rings (SSSR count). The summed E-state index contributed by atoms with van der Waals surface area (Å²) in [4.78, 5) is 53.5. The highest BCUT2D eigenvalue weighted by Crippen LogP contribution is 2.66. The van der Waals surface area contributed by atoms with Crippen molar-refractivity contribution in [3.63, 3.8) is 0 Å². The predicted molar refractivity (Wildman–Crippen MR) is 100 cm³/mol. The van der Waals surface area contributed by atoms with Crippen LogP contribution in [0.2, 0.25) is 0 Å². The first-order chi connectivity index (χ1) is 15.0. The minimum absolute atomic E-state index is 0.224. The SMILES string of the molecule is [N-]=[N+]=NC[C@]1(COP(=O)(O)OP(=O)(O)OP(=O)(O)O)OC(n2ccc(N)nc2=O)[C@H](F)[C@@H]1O. The number of aliphatic hydroxyl groups is 1. The number of aromatic nitrogens is 2. The van der Waals surface area contributed by atoms with Gasteiger partial charge in [0.05, 0.1) is 13.2 Å². The van der Waals surface area contributed by atoms with Crippen molar-refractivity contribution in [3.05, 3.63) is 33.2 Å². The van der Waals surface area contributed by atoms with Gasteiger partial charge in [-0.2, -0.15) is 13.6 Å². The Morgan fingerprint density at radius 1 is 1.30 bits per heavy atom. The molecule has 0 radical (unpaired) electrons. The molecule has 1 saturated heterocycles. The maximum Gasteiger partial charge on any atom is 0.490 e. The molecule has 33 heavy (non-hydrogen) atoms. The van der Waals surface area contributed by atoms with Crippen molar-refractivity contribution in [1.82, 2.24) is 9.55 Å². The van der Waals surface area contributed by atoms with Crippen LogP contribution in [-0.2, 0) is 31.6 Å². The molecule has 186 valence electrons. The number of aliphatic hydroxyl groups excluding tert-OH is 1. The number of hydrogen-bond donors (Lipinski definition) is 6. The number of halogens is 1. The number of nitrogen functional groups attached to an aromatic ring is 1. The van der Waals surface area contributed by atoms with E-state index in [0.717, 1.165) is 12.3 Å².